The predicted molar refractivity (Wildman–Crippen MR) is 115 cm³/mol. The Morgan fingerprint density at radius 2 is 1.97 bits per heavy atom. The summed E-state index contributed by atoms with van der Waals surface area (Å²) in [4.78, 5) is 35.3. The van der Waals surface area contributed by atoms with Gasteiger partial charge in [-0.25, -0.2) is 9.59 Å². The molecule has 0 aromatic carbocycles. The predicted octanol–water partition coefficient (Wildman–Crippen LogP) is 3.68. The number of halogens is 2. The molecule has 0 heterocycles. The van der Waals surface area contributed by atoms with Crippen molar-refractivity contribution in [2.45, 2.75) is 63.0 Å². The number of alkyl halides is 2. The molecule has 0 aromatic rings. The summed E-state index contributed by atoms with van der Waals surface area (Å²) in [6.45, 7) is 5.95. The van der Waals surface area contributed by atoms with Gasteiger partial charge in [0, 0.05) is 16.7 Å². The van der Waals surface area contributed by atoms with Crippen LogP contribution in [0.25, 0.3) is 0 Å². The van der Waals surface area contributed by atoms with E-state index in [1.807, 2.05) is 13.0 Å². The number of fused-ring (bicyclic) bond motifs is 5. The quantitative estimate of drug-likeness (QED) is 0.481. The highest BCUT2D eigenvalue weighted by molar-refractivity contribution is 6.53. The van der Waals surface area contributed by atoms with Crippen molar-refractivity contribution in [1.82, 2.24) is 0 Å². The first-order valence-corrected chi connectivity index (χ1v) is 11.6. The molecule has 170 valence electrons. The van der Waals surface area contributed by atoms with Gasteiger partial charge in [-0.05, 0) is 55.6 Å². The van der Waals surface area contributed by atoms with Crippen molar-refractivity contribution < 1.29 is 29.3 Å². The van der Waals surface area contributed by atoms with Gasteiger partial charge in [0.25, 0.3) is 0 Å². The second-order valence-corrected chi connectivity index (χ2v) is 11.2. The zero-order valence-corrected chi connectivity index (χ0v) is 19.3. The fourth-order valence-electron chi connectivity index (χ4n) is 7.52. The number of ketones is 1. The smallest absolute Gasteiger partial charge is 0.348 e. The van der Waals surface area contributed by atoms with Gasteiger partial charge in [0.2, 0.25) is 10.4 Å². The molecule has 4 aliphatic carbocycles. The van der Waals surface area contributed by atoms with Crippen molar-refractivity contribution in [3.63, 3.8) is 0 Å². The second-order valence-electron chi connectivity index (χ2n) is 10.1. The number of esters is 1. The fourth-order valence-corrected chi connectivity index (χ4v) is 7.61. The maximum Gasteiger partial charge on any atom is 0.348 e. The highest BCUT2D eigenvalue weighted by atomic mass is 35.5. The van der Waals surface area contributed by atoms with Crippen LogP contribution >= 0.6 is 23.2 Å². The number of rotatable bonds is 3. The third kappa shape index (κ3) is 3.05. The molecule has 4 rings (SSSR count). The number of aliphatic hydroxyl groups is 1. The van der Waals surface area contributed by atoms with Gasteiger partial charge in [0.15, 0.2) is 5.78 Å². The summed E-state index contributed by atoms with van der Waals surface area (Å²) < 4.78 is 5.51. The van der Waals surface area contributed by atoms with Crippen molar-refractivity contribution in [3.05, 3.63) is 23.8 Å². The molecule has 0 saturated heterocycles. The highest BCUT2D eigenvalue weighted by Gasteiger charge is 2.71. The first-order chi connectivity index (χ1) is 14.4. The van der Waals surface area contributed by atoms with Crippen LogP contribution in [-0.2, 0) is 19.1 Å². The molecular formula is C23H28Cl2O6. The molecule has 0 bridgehead atoms. The third-order valence-electron chi connectivity index (χ3n) is 8.74. The number of ether oxygens (including phenoxy) is 1. The second kappa shape index (κ2) is 7.32. The van der Waals surface area contributed by atoms with Gasteiger partial charge >= 0.3 is 11.9 Å². The zero-order valence-electron chi connectivity index (χ0n) is 17.8. The minimum absolute atomic E-state index is 0.0199. The Morgan fingerprint density at radius 3 is 2.58 bits per heavy atom. The molecule has 0 amide bonds. The van der Waals surface area contributed by atoms with Crippen molar-refractivity contribution in [1.29, 1.82) is 0 Å². The molecule has 0 aliphatic heterocycles. The number of carbonyl (C=O) groups excluding carboxylic acids is 2. The van der Waals surface area contributed by atoms with Crippen LogP contribution in [-0.4, -0.2) is 44.5 Å². The van der Waals surface area contributed by atoms with Crippen molar-refractivity contribution >= 4 is 40.9 Å². The van der Waals surface area contributed by atoms with Crippen LogP contribution in [0.4, 0.5) is 0 Å². The number of carboxylic acids is 1. The number of hydrogen-bond donors (Lipinski definition) is 2. The Morgan fingerprint density at radius 1 is 1.29 bits per heavy atom. The van der Waals surface area contributed by atoms with Crippen molar-refractivity contribution in [2.24, 2.45) is 34.5 Å². The minimum Gasteiger partial charge on any atom is -0.478 e. The first-order valence-electron chi connectivity index (χ1n) is 10.7. The fraction of sp³-hybridized carbons (Fsp3) is 0.696. The van der Waals surface area contributed by atoms with Crippen molar-refractivity contribution in [2.75, 3.05) is 0 Å². The lowest BCUT2D eigenvalue weighted by Gasteiger charge is -2.60. The molecule has 6 nitrogen and oxygen atoms in total. The van der Waals surface area contributed by atoms with Gasteiger partial charge in [0.1, 0.15) is 0 Å². The van der Waals surface area contributed by atoms with Crippen LogP contribution in [0.15, 0.2) is 23.8 Å². The van der Waals surface area contributed by atoms with Gasteiger partial charge < -0.3 is 14.9 Å². The van der Waals surface area contributed by atoms with Gasteiger partial charge in [-0.1, -0.05) is 55.6 Å². The van der Waals surface area contributed by atoms with Crippen LogP contribution in [0.2, 0.25) is 0 Å². The van der Waals surface area contributed by atoms with Crippen molar-refractivity contribution in [3.8, 4) is 0 Å². The third-order valence-corrected chi connectivity index (χ3v) is 9.09. The van der Waals surface area contributed by atoms with Gasteiger partial charge in [-0.3, -0.25) is 4.79 Å². The maximum absolute atomic E-state index is 12.5. The van der Waals surface area contributed by atoms with E-state index in [-0.39, 0.29) is 42.3 Å². The molecule has 8 heteroatoms. The SMILES string of the molecule is C[C@H]1C[C@@H]2[C@H]([C@@H](O)C[C@@]3(C)[C@H]2CC[C@]3(OC(=O)C(Cl)Cl)C(=O)O)[C@@]2(C)C=CC(=O)C=C12. The molecule has 3 fully saturated rings. The van der Waals surface area contributed by atoms with E-state index in [2.05, 4.69) is 13.8 Å². The van der Waals surface area contributed by atoms with E-state index in [1.54, 1.807) is 12.2 Å². The molecule has 0 unspecified atom stereocenters. The zero-order chi connectivity index (χ0) is 22.9. The van der Waals surface area contributed by atoms with Crippen LogP contribution in [0, 0.1) is 34.5 Å². The normalized spacial score (nSPS) is 46.1. The van der Waals surface area contributed by atoms with E-state index in [0.29, 0.717) is 6.42 Å². The molecule has 0 aromatic heterocycles. The van der Waals surface area contributed by atoms with E-state index in [1.165, 1.54) is 0 Å². The number of carbonyl (C=O) groups is 3. The first kappa shape index (κ1) is 22.8. The Hall–Kier alpha value is -1.37. The number of aliphatic hydroxyl groups excluding tert-OH is 1. The molecular weight excluding hydrogens is 443 g/mol. The number of allylic oxidation sites excluding steroid dienone is 4. The summed E-state index contributed by atoms with van der Waals surface area (Å²) in [6.07, 6.45) is 5.97. The lowest BCUT2D eigenvalue weighted by molar-refractivity contribution is -0.209. The topological polar surface area (TPSA) is 101 Å². The van der Waals surface area contributed by atoms with Gasteiger partial charge in [-0.15, -0.1) is 0 Å². The maximum atomic E-state index is 12.5. The standard InChI is InChI=1S/C23H28Cl2O6/c1-11-8-13-14-5-7-23(20(29)30,31-19(28)18(24)25)22(14,3)10-16(27)17(13)21(2)6-4-12(26)9-15(11)21/h4,6,9,11,13-14,16-18,27H,5,7-8,10H2,1-3H3,(H,29,30)/t11-,13-,14-,16-,17+,21-,22-,23-/m0/s1. The molecule has 0 spiro atoms. The molecule has 0 radical (unpaired) electrons. The van der Waals surface area contributed by atoms with Gasteiger partial charge in [0.05, 0.1) is 6.10 Å². The summed E-state index contributed by atoms with van der Waals surface area (Å²) >= 11 is 11.3. The van der Waals surface area contributed by atoms with Gasteiger partial charge in [-0.2, -0.15) is 0 Å². The Labute approximate surface area is 191 Å². The highest BCUT2D eigenvalue weighted by Crippen LogP contribution is 2.68. The lowest BCUT2D eigenvalue weighted by atomic mass is 9.45. The Kier molecular flexibility index (Phi) is 5.39. The molecule has 2 N–H and O–H groups in total. The number of hydrogen-bond acceptors (Lipinski definition) is 5. The average Bonchev–Trinajstić information content (AvgIpc) is 2.96. The molecule has 3 saturated carbocycles. The summed E-state index contributed by atoms with van der Waals surface area (Å²) in [5, 5.41) is 21.6. The Bertz CT molecular complexity index is 896. The molecule has 4 aliphatic rings. The lowest BCUT2D eigenvalue weighted by Crippen LogP contribution is -2.63. The number of carboxylic acid groups (broad SMARTS) is 1. The van der Waals surface area contributed by atoms with E-state index in [9.17, 15) is 24.6 Å². The average molecular weight is 471 g/mol. The molecule has 31 heavy (non-hydrogen) atoms. The summed E-state index contributed by atoms with van der Waals surface area (Å²) in [5.74, 6) is -2.33. The molecule has 8 atom stereocenters. The Balaban J connectivity index is 1.77. The van der Waals surface area contributed by atoms with E-state index < -0.39 is 39.3 Å². The van der Waals surface area contributed by atoms with E-state index in [4.69, 9.17) is 27.9 Å². The summed E-state index contributed by atoms with van der Waals surface area (Å²) in [6, 6.07) is 0. The number of aliphatic carboxylic acids is 1. The summed E-state index contributed by atoms with van der Waals surface area (Å²) in [5.41, 5.74) is -2.20. The van der Waals surface area contributed by atoms with E-state index in [0.717, 1.165) is 12.0 Å². The largest absolute Gasteiger partial charge is 0.478 e. The summed E-state index contributed by atoms with van der Waals surface area (Å²) in [7, 11) is 0. The monoisotopic (exact) mass is 470 g/mol. The van der Waals surface area contributed by atoms with Crippen LogP contribution < -0.4 is 0 Å². The van der Waals surface area contributed by atoms with E-state index >= 15 is 0 Å². The minimum atomic E-state index is -1.79. The van der Waals surface area contributed by atoms with Crippen LogP contribution in [0.1, 0.15) is 46.5 Å². The van der Waals surface area contributed by atoms with Crippen LogP contribution in [0.5, 0.6) is 0 Å². The van der Waals surface area contributed by atoms with Crippen LogP contribution in [0.3, 0.4) is 0 Å².